The molecule has 0 atom stereocenters. The van der Waals surface area contributed by atoms with Crippen LogP contribution in [0.3, 0.4) is 0 Å². The first-order valence-electron chi connectivity index (χ1n) is 7.42. The van der Waals surface area contributed by atoms with E-state index in [1.807, 2.05) is 0 Å². The fraction of sp³-hybridized carbons (Fsp3) is 0.357. The second-order valence-corrected chi connectivity index (χ2v) is 8.79. The highest BCUT2D eigenvalue weighted by Crippen LogP contribution is 2.30. The Morgan fingerprint density at radius 1 is 1.11 bits per heavy atom. The van der Waals surface area contributed by atoms with Gasteiger partial charge in [-0.1, -0.05) is 6.58 Å². The highest BCUT2D eigenvalue weighted by Gasteiger charge is 2.54. The van der Waals surface area contributed by atoms with Gasteiger partial charge in [-0.05, 0) is 37.1 Å². The first-order chi connectivity index (χ1) is 12.8. The number of unbranched alkanes of at least 4 members (excludes halogenated alkanes) is 1. The van der Waals surface area contributed by atoms with Crippen molar-refractivity contribution in [3.8, 4) is 5.75 Å². The SMILES string of the molecule is C=CC(=O)OCCCCOc1ccc(S(=O)(=O)N(O)S(=O)(=O)C(F)(F)F)cc1. The molecule has 0 aromatic heterocycles. The van der Waals surface area contributed by atoms with Crippen LogP contribution >= 0.6 is 0 Å². The molecule has 0 aliphatic carbocycles. The van der Waals surface area contributed by atoms with Gasteiger partial charge in [-0.3, -0.25) is 5.21 Å². The molecule has 0 aliphatic rings. The Balaban J connectivity index is 2.69. The fourth-order valence-corrected chi connectivity index (χ4v) is 4.02. The molecule has 0 unspecified atom stereocenters. The molecular weight excluding hydrogens is 431 g/mol. The van der Waals surface area contributed by atoms with Gasteiger partial charge in [0.1, 0.15) is 5.75 Å². The van der Waals surface area contributed by atoms with Crippen molar-refractivity contribution in [3.63, 3.8) is 0 Å². The van der Waals surface area contributed by atoms with E-state index in [0.29, 0.717) is 12.8 Å². The summed E-state index contributed by atoms with van der Waals surface area (Å²) in [6.07, 6.45) is 1.96. The molecule has 0 bridgehead atoms. The van der Waals surface area contributed by atoms with Crippen molar-refractivity contribution in [2.75, 3.05) is 13.2 Å². The number of ether oxygens (including phenoxy) is 2. The number of carbonyl (C=O) groups excluding carboxylic acids is 1. The van der Waals surface area contributed by atoms with Gasteiger partial charge in [0.2, 0.25) is 0 Å². The zero-order valence-electron chi connectivity index (χ0n) is 14.1. The van der Waals surface area contributed by atoms with E-state index < -0.39 is 40.3 Å². The zero-order valence-corrected chi connectivity index (χ0v) is 15.8. The molecule has 0 heterocycles. The van der Waals surface area contributed by atoms with E-state index in [0.717, 1.165) is 30.3 Å². The number of carbonyl (C=O) groups is 1. The molecule has 9 nitrogen and oxygen atoms in total. The summed E-state index contributed by atoms with van der Waals surface area (Å²) in [5.74, 6) is -0.423. The predicted octanol–water partition coefficient (Wildman–Crippen LogP) is 1.80. The second-order valence-electron chi connectivity index (χ2n) is 5.03. The van der Waals surface area contributed by atoms with Crippen molar-refractivity contribution in [3.05, 3.63) is 36.9 Å². The molecule has 1 N–H and O–H groups in total. The molecule has 0 aliphatic heterocycles. The van der Waals surface area contributed by atoms with E-state index in [2.05, 4.69) is 6.58 Å². The molecular formula is C14H16F3NO8S2. The lowest BCUT2D eigenvalue weighted by molar-refractivity contribution is -0.137. The predicted molar refractivity (Wildman–Crippen MR) is 88.1 cm³/mol. The topological polar surface area (TPSA) is 127 Å². The third kappa shape index (κ3) is 5.92. The minimum absolute atomic E-state index is 0.144. The van der Waals surface area contributed by atoms with E-state index in [9.17, 15) is 34.8 Å². The van der Waals surface area contributed by atoms with Gasteiger partial charge in [0.15, 0.2) is 0 Å². The molecule has 0 radical (unpaired) electrons. The first-order valence-corrected chi connectivity index (χ1v) is 10.3. The van der Waals surface area contributed by atoms with E-state index in [4.69, 9.17) is 14.7 Å². The maximum absolute atomic E-state index is 12.4. The maximum atomic E-state index is 12.4. The average molecular weight is 447 g/mol. The molecule has 1 aromatic carbocycles. The standard InChI is InChI=1S/C14H16F3NO8S2/c1-2-13(19)26-10-4-3-9-25-11-5-7-12(8-6-11)27(21,22)18(20)28(23,24)14(15,16)17/h2,5-8,20H,1,3-4,9-10H2. The summed E-state index contributed by atoms with van der Waals surface area (Å²) in [7, 11) is -11.9. The molecule has 1 aromatic rings. The van der Waals surface area contributed by atoms with Crippen LogP contribution in [0.15, 0.2) is 41.8 Å². The molecule has 158 valence electrons. The zero-order chi connectivity index (χ0) is 21.6. The lowest BCUT2D eigenvalue weighted by Gasteiger charge is -2.17. The van der Waals surface area contributed by atoms with Gasteiger partial charge in [-0.15, -0.1) is 0 Å². The monoisotopic (exact) mass is 447 g/mol. The molecule has 0 fully saturated rings. The summed E-state index contributed by atoms with van der Waals surface area (Å²) in [5, 5.41) is 9.11. The Bertz CT molecular complexity index is 896. The molecule has 1 rings (SSSR count). The van der Waals surface area contributed by atoms with Crippen LogP contribution in [0.25, 0.3) is 0 Å². The molecule has 14 heteroatoms. The smallest absolute Gasteiger partial charge is 0.494 e. The quantitative estimate of drug-likeness (QED) is 0.249. The third-order valence-electron chi connectivity index (χ3n) is 3.04. The summed E-state index contributed by atoms with van der Waals surface area (Å²) >= 11 is 0. The minimum Gasteiger partial charge on any atom is -0.494 e. The summed E-state index contributed by atoms with van der Waals surface area (Å²) < 4.78 is 91.2. The van der Waals surface area contributed by atoms with Gasteiger partial charge in [0.05, 0.1) is 18.1 Å². The lowest BCUT2D eigenvalue weighted by Crippen LogP contribution is -2.42. The number of sulfonamides is 2. The Hall–Kier alpha value is -2.16. The van der Waals surface area contributed by atoms with Crippen LogP contribution in [0.1, 0.15) is 12.8 Å². The van der Waals surface area contributed by atoms with Crippen molar-refractivity contribution in [2.24, 2.45) is 0 Å². The Morgan fingerprint density at radius 3 is 2.14 bits per heavy atom. The largest absolute Gasteiger partial charge is 0.514 e. The fourth-order valence-electron chi connectivity index (χ4n) is 1.64. The molecule has 28 heavy (non-hydrogen) atoms. The summed E-state index contributed by atoms with van der Waals surface area (Å²) in [4.78, 5) is 9.91. The first kappa shape index (κ1) is 23.9. The number of alkyl halides is 3. The van der Waals surface area contributed by atoms with Crippen molar-refractivity contribution in [1.29, 1.82) is 0 Å². The third-order valence-corrected chi connectivity index (χ3v) is 6.50. The van der Waals surface area contributed by atoms with Crippen LogP contribution < -0.4 is 4.74 Å². The van der Waals surface area contributed by atoms with Gasteiger partial charge in [-0.25, -0.2) is 13.2 Å². The number of hydrogen-bond donors (Lipinski definition) is 1. The van der Waals surface area contributed by atoms with Crippen molar-refractivity contribution >= 4 is 26.0 Å². The highest BCUT2D eigenvalue weighted by molar-refractivity contribution is 8.04. The van der Waals surface area contributed by atoms with E-state index in [-0.39, 0.29) is 19.0 Å². The number of nitrogens with zero attached hydrogens (tertiary/aromatic N) is 1. The van der Waals surface area contributed by atoms with Gasteiger partial charge in [-0.2, -0.15) is 21.6 Å². The number of rotatable bonds is 10. The van der Waals surface area contributed by atoms with Crippen LogP contribution in [0.5, 0.6) is 5.75 Å². The Morgan fingerprint density at radius 2 is 1.64 bits per heavy atom. The van der Waals surface area contributed by atoms with Gasteiger partial charge >= 0.3 is 21.5 Å². The molecule has 0 saturated carbocycles. The Labute approximate surface area is 159 Å². The summed E-state index contributed by atoms with van der Waals surface area (Å²) in [6, 6.07) is 3.68. The van der Waals surface area contributed by atoms with Crippen molar-refractivity contribution in [1.82, 2.24) is 3.87 Å². The van der Waals surface area contributed by atoms with E-state index in [1.54, 1.807) is 0 Å². The van der Waals surface area contributed by atoms with Crippen molar-refractivity contribution < 1.29 is 49.5 Å². The van der Waals surface area contributed by atoms with Crippen LogP contribution in [-0.2, 0) is 29.6 Å². The van der Waals surface area contributed by atoms with Crippen LogP contribution in [0.4, 0.5) is 13.2 Å². The van der Waals surface area contributed by atoms with Crippen molar-refractivity contribution in [2.45, 2.75) is 23.2 Å². The minimum atomic E-state index is -6.50. The van der Waals surface area contributed by atoms with Crippen LogP contribution in [0.2, 0.25) is 0 Å². The Kier molecular flexibility index (Phi) is 7.98. The lowest BCUT2D eigenvalue weighted by atomic mass is 10.3. The average Bonchev–Trinajstić information content (AvgIpc) is 2.63. The second kappa shape index (κ2) is 9.36. The molecule has 0 amide bonds. The van der Waals surface area contributed by atoms with Gasteiger partial charge in [0.25, 0.3) is 10.0 Å². The highest BCUT2D eigenvalue weighted by atomic mass is 32.3. The molecule has 0 spiro atoms. The van der Waals surface area contributed by atoms with E-state index >= 15 is 0 Å². The summed E-state index contributed by atoms with van der Waals surface area (Å²) in [6.45, 7) is 3.53. The number of halogens is 3. The van der Waals surface area contributed by atoms with E-state index in [1.165, 1.54) is 0 Å². The molecule has 0 saturated heterocycles. The van der Waals surface area contributed by atoms with Gasteiger partial charge < -0.3 is 9.47 Å². The van der Waals surface area contributed by atoms with Gasteiger partial charge in [0, 0.05) is 9.95 Å². The summed E-state index contributed by atoms with van der Waals surface area (Å²) in [5.41, 5.74) is -6.00. The van der Waals surface area contributed by atoms with Crippen LogP contribution in [0, 0.1) is 0 Å². The number of benzene rings is 1. The maximum Gasteiger partial charge on any atom is 0.514 e. The number of esters is 1. The van der Waals surface area contributed by atoms with Crippen LogP contribution in [-0.4, -0.2) is 50.6 Å². The normalized spacial score (nSPS) is 12.6. The number of hydrogen-bond acceptors (Lipinski definition) is 8.